The van der Waals surface area contributed by atoms with Crippen molar-refractivity contribution in [2.75, 3.05) is 19.6 Å². The lowest BCUT2D eigenvalue weighted by Gasteiger charge is -2.32. The number of likely N-dealkylation sites (tertiary alicyclic amines) is 1. The number of halogens is 6. The average Bonchev–Trinajstić information content (AvgIpc) is 2.12. The minimum absolute atomic E-state index is 0.322. The van der Waals surface area contributed by atoms with Crippen LogP contribution in [0, 0.1) is 5.92 Å². The molecule has 0 radical (unpaired) electrons. The van der Waals surface area contributed by atoms with Crippen molar-refractivity contribution < 1.29 is 26.3 Å². The standard InChI is InChI=1S/C9H13F6N/c10-8(11,12)7(9(13,14)15)6-16-4-2-1-3-5-16/h7H,1-6H2. The largest absolute Gasteiger partial charge is 0.401 e. The zero-order valence-corrected chi connectivity index (χ0v) is 8.53. The molecule has 16 heavy (non-hydrogen) atoms. The van der Waals surface area contributed by atoms with E-state index in [9.17, 15) is 26.3 Å². The molecule has 7 heteroatoms. The van der Waals surface area contributed by atoms with Crippen LogP contribution in [0.4, 0.5) is 26.3 Å². The van der Waals surface area contributed by atoms with E-state index in [2.05, 4.69) is 0 Å². The molecule has 0 bridgehead atoms. The predicted molar refractivity (Wildman–Crippen MR) is 45.9 cm³/mol. The van der Waals surface area contributed by atoms with Crippen molar-refractivity contribution in [1.29, 1.82) is 0 Å². The molecule has 1 rings (SSSR count). The predicted octanol–water partition coefficient (Wildman–Crippen LogP) is 3.21. The first-order valence-electron chi connectivity index (χ1n) is 5.07. The van der Waals surface area contributed by atoms with Gasteiger partial charge in [0, 0.05) is 6.54 Å². The maximum atomic E-state index is 12.2. The van der Waals surface area contributed by atoms with Gasteiger partial charge in [-0.05, 0) is 25.9 Å². The van der Waals surface area contributed by atoms with Crippen LogP contribution in [0.2, 0.25) is 0 Å². The summed E-state index contributed by atoms with van der Waals surface area (Å²) in [7, 11) is 0. The molecule has 1 aliphatic heterocycles. The highest BCUT2D eigenvalue weighted by Crippen LogP contribution is 2.39. The molecule has 1 heterocycles. The second kappa shape index (κ2) is 4.81. The Kier molecular flexibility index (Phi) is 4.09. The third-order valence-corrected chi connectivity index (χ3v) is 2.68. The van der Waals surface area contributed by atoms with Gasteiger partial charge in [0.25, 0.3) is 0 Å². The van der Waals surface area contributed by atoms with E-state index in [4.69, 9.17) is 0 Å². The summed E-state index contributed by atoms with van der Waals surface area (Å²) in [4.78, 5) is 1.25. The quantitative estimate of drug-likeness (QED) is 0.679. The van der Waals surface area contributed by atoms with Gasteiger partial charge in [-0.3, -0.25) is 0 Å². The molecular weight excluding hydrogens is 236 g/mol. The van der Waals surface area contributed by atoms with Crippen LogP contribution in [-0.2, 0) is 0 Å². The minimum atomic E-state index is -5.21. The lowest BCUT2D eigenvalue weighted by Crippen LogP contribution is -2.46. The van der Waals surface area contributed by atoms with Crippen LogP contribution >= 0.6 is 0 Å². The molecule has 0 aromatic heterocycles. The number of rotatable bonds is 2. The van der Waals surface area contributed by atoms with E-state index in [0.717, 1.165) is 6.42 Å². The van der Waals surface area contributed by atoms with Crippen molar-refractivity contribution in [3.05, 3.63) is 0 Å². The molecule has 0 aromatic rings. The van der Waals surface area contributed by atoms with Crippen LogP contribution in [0.15, 0.2) is 0 Å². The van der Waals surface area contributed by atoms with Gasteiger partial charge in [-0.25, -0.2) is 0 Å². The smallest absolute Gasteiger partial charge is 0.302 e. The van der Waals surface area contributed by atoms with E-state index in [1.54, 1.807) is 0 Å². The monoisotopic (exact) mass is 249 g/mol. The fourth-order valence-corrected chi connectivity index (χ4v) is 1.79. The van der Waals surface area contributed by atoms with Crippen molar-refractivity contribution in [3.63, 3.8) is 0 Å². The van der Waals surface area contributed by atoms with E-state index in [1.165, 1.54) is 4.90 Å². The van der Waals surface area contributed by atoms with Crippen LogP contribution in [0.3, 0.4) is 0 Å². The lowest BCUT2D eigenvalue weighted by atomic mass is 10.1. The Morgan fingerprint density at radius 1 is 0.812 bits per heavy atom. The first-order chi connectivity index (χ1) is 7.21. The first kappa shape index (κ1) is 13.6. The van der Waals surface area contributed by atoms with Crippen molar-refractivity contribution in [3.8, 4) is 0 Å². The molecular formula is C9H13F6N. The van der Waals surface area contributed by atoms with E-state index >= 15 is 0 Å². The first-order valence-corrected chi connectivity index (χ1v) is 5.07. The van der Waals surface area contributed by atoms with Gasteiger partial charge in [0.2, 0.25) is 0 Å². The molecule has 1 saturated heterocycles. The van der Waals surface area contributed by atoms with E-state index in [-0.39, 0.29) is 0 Å². The summed E-state index contributed by atoms with van der Waals surface area (Å²) in [6.07, 6.45) is -8.21. The molecule has 0 saturated carbocycles. The van der Waals surface area contributed by atoms with Crippen LogP contribution in [-0.4, -0.2) is 36.9 Å². The highest BCUT2D eigenvalue weighted by molar-refractivity contribution is 4.80. The second-order valence-corrected chi connectivity index (χ2v) is 4.00. The number of piperidine rings is 1. The molecule has 0 amide bonds. The molecule has 0 N–H and O–H groups in total. The van der Waals surface area contributed by atoms with Crippen LogP contribution in [0.25, 0.3) is 0 Å². The Balaban J connectivity index is 2.63. The summed E-state index contributed by atoms with van der Waals surface area (Å²) in [5.41, 5.74) is 0. The Hall–Kier alpha value is -0.460. The summed E-state index contributed by atoms with van der Waals surface area (Å²) >= 11 is 0. The molecule has 96 valence electrons. The summed E-state index contributed by atoms with van der Waals surface area (Å²) in [6, 6.07) is 0. The van der Waals surface area contributed by atoms with Gasteiger partial charge in [-0.1, -0.05) is 6.42 Å². The molecule has 0 spiro atoms. The highest BCUT2D eigenvalue weighted by Gasteiger charge is 2.56. The zero-order chi connectivity index (χ0) is 12.4. The topological polar surface area (TPSA) is 3.24 Å². The average molecular weight is 249 g/mol. The van der Waals surface area contributed by atoms with E-state index in [0.29, 0.717) is 25.9 Å². The van der Waals surface area contributed by atoms with Crippen LogP contribution in [0.1, 0.15) is 19.3 Å². The zero-order valence-electron chi connectivity index (χ0n) is 8.53. The minimum Gasteiger partial charge on any atom is -0.302 e. The third-order valence-electron chi connectivity index (χ3n) is 2.68. The second-order valence-electron chi connectivity index (χ2n) is 4.00. The summed E-state index contributed by atoms with van der Waals surface area (Å²) < 4.78 is 73.3. The van der Waals surface area contributed by atoms with Crippen LogP contribution < -0.4 is 0 Å². The van der Waals surface area contributed by atoms with Crippen molar-refractivity contribution in [2.45, 2.75) is 31.6 Å². The van der Waals surface area contributed by atoms with Gasteiger partial charge in [0.15, 0.2) is 5.92 Å². The van der Waals surface area contributed by atoms with Gasteiger partial charge in [0.1, 0.15) is 0 Å². The van der Waals surface area contributed by atoms with E-state index in [1.807, 2.05) is 0 Å². The highest BCUT2D eigenvalue weighted by atomic mass is 19.4. The third kappa shape index (κ3) is 3.84. The normalized spacial score (nSPS) is 20.4. The number of hydrogen-bond acceptors (Lipinski definition) is 1. The van der Waals surface area contributed by atoms with Crippen molar-refractivity contribution in [1.82, 2.24) is 4.90 Å². The fraction of sp³-hybridized carbons (Fsp3) is 1.00. The Morgan fingerprint density at radius 2 is 1.25 bits per heavy atom. The van der Waals surface area contributed by atoms with Crippen molar-refractivity contribution >= 4 is 0 Å². The fourth-order valence-electron chi connectivity index (χ4n) is 1.79. The number of alkyl halides is 6. The summed E-state index contributed by atoms with van der Waals surface area (Å²) in [5.74, 6) is -3.22. The maximum absolute atomic E-state index is 12.2. The Labute approximate surface area is 89.4 Å². The van der Waals surface area contributed by atoms with Gasteiger partial charge < -0.3 is 4.90 Å². The van der Waals surface area contributed by atoms with Gasteiger partial charge in [0.05, 0.1) is 0 Å². The Morgan fingerprint density at radius 3 is 1.62 bits per heavy atom. The molecule has 0 aliphatic carbocycles. The molecule has 1 fully saturated rings. The van der Waals surface area contributed by atoms with Gasteiger partial charge in [-0.15, -0.1) is 0 Å². The molecule has 0 atom stereocenters. The molecule has 0 aromatic carbocycles. The Bertz CT molecular complexity index is 201. The molecule has 1 aliphatic rings. The van der Waals surface area contributed by atoms with Crippen molar-refractivity contribution in [2.24, 2.45) is 5.92 Å². The lowest BCUT2D eigenvalue weighted by molar-refractivity contribution is -0.287. The summed E-state index contributed by atoms with van der Waals surface area (Å²) in [5, 5.41) is 0. The van der Waals surface area contributed by atoms with Gasteiger partial charge >= 0.3 is 12.4 Å². The van der Waals surface area contributed by atoms with Gasteiger partial charge in [-0.2, -0.15) is 26.3 Å². The number of hydrogen-bond donors (Lipinski definition) is 0. The molecule has 1 nitrogen and oxygen atoms in total. The SMILES string of the molecule is FC(F)(F)C(CN1CCCCC1)C(F)(F)F. The van der Waals surface area contributed by atoms with E-state index < -0.39 is 24.8 Å². The summed E-state index contributed by atoms with van der Waals surface area (Å²) in [6.45, 7) is -0.321. The van der Waals surface area contributed by atoms with Crippen LogP contribution in [0.5, 0.6) is 0 Å². The number of nitrogens with zero attached hydrogens (tertiary/aromatic N) is 1. The molecule has 0 unspecified atom stereocenters. The maximum Gasteiger partial charge on any atom is 0.401 e.